The molecular formula is C19H23ClN2O3S2. The average molecular weight is 427 g/mol. The van der Waals surface area contributed by atoms with E-state index >= 15 is 0 Å². The van der Waals surface area contributed by atoms with Crippen molar-refractivity contribution in [2.45, 2.75) is 30.0 Å². The van der Waals surface area contributed by atoms with Crippen LogP contribution in [0.5, 0.6) is 0 Å². The van der Waals surface area contributed by atoms with Crippen molar-refractivity contribution in [3.63, 3.8) is 0 Å². The zero-order valence-electron chi connectivity index (χ0n) is 15.1. The maximum absolute atomic E-state index is 12.1. The van der Waals surface area contributed by atoms with Crippen LogP contribution in [0.15, 0.2) is 53.4 Å². The van der Waals surface area contributed by atoms with Gasteiger partial charge in [0.05, 0.1) is 5.75 Å². The number of rotatable bonds is 10. The lowest BCUT2D eigenvalue weighted by molar-refractivity contribution is -0.121. The SMILES string of the molecule is CNS(=O)(=O)Cc1ccccc1CNC(=O)CCCSc1ccc(Cl)cc1. The normalized spacial score (nSPS) is 11.3. The average Bonchev–Trinajstić information content (AvgIpc) is 2.66. The molecule has 0 fully saturated rings. The molecule has 0 spiro atoms. The summed E-state index contributed by atoms with van der Waals surface area (Å²) in [6, 6.07) is 14.8. The van der Waals surface area contributed by atoms with Gasteiger partial charge in [0, 0.05) is 22.9 Å². The first-order chi connectivity index (χ1) is 12.9. The van der Waals surface area contributed by atoms with Crippen LogP contribution in [0.2, 0.25) is 5.02 Å². The molecule has 0 saturated heterocycles. The van der Waals surface area contributed by atoms with Gasteiger partial charge in [-0.05, 0) is 54.6 Å². The summed E-state index contributed by atoms with van der Waals surface area (Å²) in [6.07, 6.45) is 1.19. The lowest BCUT2D eigenvalue weighted by Gasteiger charge is -2.11. The van der Waals surface area contributed by atoms with Crippen LogP contribution >= 0.6 is 23.4 Å². The van der Waals surface area contributed by atoms with Gasteiger partial charge in [0.25, 0.3) is 0 Å². The first kappa shape index (κ1) is 21.8. The maximum atomic E-state index is 12.1. The summed E-state index contributed by atoms with van der Waals surface area (Å²) < 4.78 is 25.8. The third kappa shape index (κ3) is 7.92. The number of thioether (sulfide) groups is 1. The van der Waals surface area contributed by atoms with Crippen molar-refractivity contribution in [2.24, 2.45) is 0 Å². The first-order valence-corrected chi connectivity index (χ1v) is 11.5. The van der Waals surface area contributed by atoms with Crippen LogP contribution in [0.25, 0.3) is 0 Å². The fraction of sp³-hybridized carbons (Fsp3) is 0.316. The molecule has 0 saturated carbocycles. The summed E-state index contributed by atoms with van der Waals surface area (Å²) in [4.78, 5) is 13.2. The van der Waals surface area contributed by atoms with Gasteiger partial charge >= 0.3 is 0 Å². The van der Waals surface area contributed by atoms with Crippen molar-refractivity contribution >= 4 is 39.3 Å². The van der Waals surface area contributed by atoms with E-state index in [1.165, 1.54) is 7.05 Å². The molecule has 2 N–H and O–H groups in total. The summed E-state index contributed by atoms with van der Waals surface area (Å²) >= 11 is 7.54. The number of sulfonamides is 1. The Morgan fingerprint density at radius 3 is 2.41 bits per heavy atom. The number of carbonyl (C=O) groups excluding carboxylic acids is 1. The quantitative estimate of drug-likeness (QED) is 0.449. The summed E-state index contributed by atoms with van der Waals surface area (Å²) in [5.41, 5.74) is 1.49. The Bertz CT molecular complexity index is 856. The number of benzene rings is 2. The second-order valence-corrected chi connectivity index (χ2v) is 9.45. The minimum atomic E-state index is -3.35. The van der Waals surface area contributed by atoms with E-state index in [0.717, 1.165) is 22.6 Å². The Labute approximate surface area is 169 Å². The lowest BCUT2D eigenvalue weighted by atomic mass is 10.1. The molecule has 0 bridgehead atoms. The van der Waals surface area contributed by atoms with Gasteiger partial charge in [0.15, 0.2) is 0 Å². The van der Waals surface area contributed by atoms with E-state index < -0.39 is 10.0 Å². The second-order valence-electron chi connectivity index (χ2n) is 5.91. The number of hydrogen-bond acceptors (Lipinski definition) is 4. The van der Waals surface area contributed by atoms with E-state index in [9.17, 15) is 13.2 Å². The molecule has 2 aromatic rings. The van der Waals surface area contributed by atoms with Gasteiger partial charge in [-0.3, -0.25) is 4.79 Å². The third-order valence-corrected chi connectivity index (χ3v) is 6.54. The molecule has 0 radical (unpaired) electrons. The molecule has 27 heavy (non-hydrogen) atoms. The smallest absolute Gasteiger partial charge is 0.220 e. The van der Waals surface area contributed by atoms with Crippen molar-refractivity contribution in [1.29, 1.82) is 0 Å². The Morgan fingerprint density at radius 2 is 1.74 bits per heavy atom. The maximum Gasteiger partial charge on any atom is 0.220 e. The predicted molar refractivity (Wildman–Crippen MR) is 111 cm³/mol. The highest BCUT2D eigenvalue weighted by Crippen LogP contribution is 2.21. The molecule has 0 aliphatic carbocycles. The van der Waals surface area contributed by atoms with Crippen molar-refractivity contribution < 1.29 is 13.2 Å². The predicted octanol–water partition coefficient (Wildman–Crippen LogP) is 3.58. The first-order valence-electron chi connectivity index (χ1n) is 8.52. The van der Waals surface area contributed by atoms with Gasteiger partial charge in [-0.1, -0.05) is 35.9 Å². The molecule has 0 heterocycles. The largest absolute Gasteiger partial charge is 0.352 e. The number of amides is 1. The van der Waals surface area contributed by atoms with E-state index in [-0.39, 0.29) is 11.7 Å². The summed E-state index contributed by atoms with van der Waals surface area (Å²) in [5, 5.41) is 3.58. The number of halogens is 1. The number of hydrogen-bond donors (Lipinski definition) is 2. The molecule has 8 heteroatoms. The Kier molecular flexibility index (Phi) is 8.63. The highest BCUT2D eigenvalue weighted by atomic mass is 35.5. The summed E-state index contributed by atoms with van der Waals surface area (Å²) in [7, 11) is -1.96. The Morgan fingerprint density at radius 1 is 1.07 bits per heavy atom. The van der Waals surface area contributed by atoms with Crippen molar-refractivity contribution in [3.05, 3.63) is 64.7 Å². The summed E-state index contributed by atoms with van der Waals surface area (Å²) in [5.74, 6) is 0.692. The molecule has 2 rings (SSSR count). The highest BCUT2D eigenvalue weighted by molar-refractivity contribution is 7.99. The van der Waals surface area contributed by atoms with E-state index in [4.69, 9.17) is 11.6 Å². The van der Waals surface area contributed by atoms with E-state index in [1.807, 2.05) is 36.4 Å². The molecule has 0 aliphatic rings. The van der Waals surface area contributed by atoms with Gasteiger partial charge in [-0.15, -0.1) is 11.8 Å². The highest BCUT2D eigenvalue weighted by Gasteiger charge is 2.12. The summed E-state index contributed by atoms with van der Waals surface area (Å²) in [6.45, 7) is 0.318. The third-order valence-electron chi connectivity index (χ3n) is 3.88. The van der Waals surface area contributed by atoms with Crippen molar-refractivity contribution in [1.82, 2.24) is 10.0 Å². The molecule has 0 aliphatic heterocycles. The minimum absolute atomic E-state index is 0.0435. The van der Waals surface area contributed by atoms with Crippen molar-refractivity contribution in [3.8, 4) is 0 Å². The molecule has 0 aromatic heterocycles. The van der Waals surface area contributed by atoms with Gasteiger partial charge < -0.3 is 5.32 Å². The van der Waals surface area contributed by atoms with Crippen LogP contribution < -0.4 is 10.0 Å². The lowest BCUT2D eigenvalue weighted by Crippen LogP contribution is -2.25. The molecule has 1 amide bonds. The molecule has 5 nitrogen and oxygen atoms in total. The van der Waals surface area contributed by atoms with Crippen molar-refractivity contribution in [2.75, 3.05) is 12.8 Å². The molecular weight excluding hydrogens is 404 g/mol. The molecule has 146 valence electrons. The van der Waals surface area contributed by atoms with Gasteiger partial charge in [0.1, 0.15) is 0 Å². The van der Waals surface area contributed by atoms with E-state index in [1.54, 1.807) is 23.9 Å². The monoisotopic (exact) mass is 426 g/mol. The van der Waals surface area contributed by atoms with E-state index in [0.29, 0.717) is 23.6 Å². The molecule has 2 aromatic carbocycles. The van der Waals surface area contributed by atoms with Crippen LogP contribution in [-0.4, -0.2) is 27.1 Å². The van der Waals surface area contributed by atoms with Crippen LogP contribution in [-0.2, 0) is 27.1 Å². The van der Waals surface area contributed by atoms with Gasteiger partial charge in [-0.2, -0.15) is 0 Å². The topological polar surface area (TPSA) is 75.3 Å². The Hall–Kier alpha value is -1.54. The van der Waals surface area contributed by atoms with Gasteiger partial charge in [-0.25, -0.2) is 13.1 Å². The fourth-order valence-electron chi connectivity index (χ4n) is 2.38. The van der Waals surface area contributed by atoms with E-state index in [2.05, 4.69) is 10.0 Å². The van der Waals surface area contributed by atoms with Crippen LogP contribution in [0.4, 0.5) is 0 Å². The van der Waals surface area contributed by atoms with Crippen LogP contribution in [0.1, 0.15) is 24.0 Å². The minimum Gasteiger partial charge on any atom is -0.352 e. The molecule has 0 unspecified atom stereocenters. The number of carbonyl (C=O) groups is 1. The zero-order valence-corrected chi connectivity index (χ0v) is 17.5. The Balaban J connectivity index is 1.76. The van der Waals surface area contributed by atoms with Crippen LogP contribution in [0.3, 0.4) is 0 Å². The van der Waals surface area contributed by atoms with Crippen LogP contribution in [0, 0.1) is 0 Å². The zero-order chi connectivity index (χ0) is 19.7. The number of nitrogens with one attached hydrogen (secondary N) is 2. The second kappa shape index (κ2) is 10.7. The molecule has 0 atom stereocenters. The fourth-order valence-corrected chi connectivity index (χ4v) is 4.20. The standard InChI is InChI=1S/C19H23ClN2O3S2/c1-21-27(24,25)14-16-6-3-2-5-15(16)13-22-19(23)7-4-12-26-18-10-8-17(20)9-11-18/h2-3,5-6,8-11,21H,4,7,12-14H2,1H3,(H,22,23). The van der Waals surface area contributed by atoms with Gasteiger partial charge in [0.2, 0.25) is 15.9 Å².